The molecule has 5 rings (SSSR count). The van der Waals surface area contributed by atoms with Crippen LogP contribution >= 0.6 is 0 Å². The maximum absolute atomic E-state index is 12.6. The van der Waals surface area contributed by atoms with Crippen molar-refractivity contribution in [2.24, 2.45) is 0 Å². The molecule has 2 fully saturated rings. The number of hydrogen-bond donors (Lipinski definition) is 1. The molecule has 0 spiro atoms. The number of likely N-dealkylation sites (tertiary alicyclic amines) is 1. The molecule has 35 heavy (non-hydrogen) atoms. The number of carbonyl (C=O) groups excluding carboxylic acids is 1. The lowest BCUT2D eigenvalue weighted by Crippen LogP contribution is -2.55. The van der Waals surface area contributed by atoms with Gasteiger partial charge in [-0.05, 0) is 49.6 Å². The maximum atomic E-state index is 12.6. The molecule has 2 atom stereocenters. The Bertz CT molecular complexity index is 1120. The Morgan fingerprint density at radius 3 is 2.80 bits per heavy atom. The van der Waals surface area contributed by atoms with Crippen LogP contribution in [0.15, 0.2) is 47.4 Å². The van der Waals surface area contributed by atoms with Crippen molar-refractivity contribution in [3.8, 4) is 17.0 Å². The largest absolute Gasteiger partial charge is 0.486 e. The number of amides is 1. The molecule has 9 heteroatoms. The van der Waals surface area contributed by atoms with Crippen LogP contribution in [-0.2, 0) is 4.74 Å². The van der Waals surface area contributed by atoms with Crippen molar-refractivity contribution in [1.82, 2.24) is 25.3 Å². The quantitative estimate of drug-likeness (QED) is 0.499. The summed E-state index contributed by atoms with van der Waals surface area (Å²) in [6.07, 6.45) is 6.19. The Morgan fingerprint density at radius 1 is 1.26 bits per heavy atom. The second kappa shape index (κ2) is 10.5. The molecule has 4 heterocycles. The first-order valence-electron chi connectivity index (χ1n) is 12.2. The standard InChI is InChI=1S/C26H31N5O4/c1-3-4-24(26-28-16-29-35-26)31-13-21(14-31)34-20-6-8-23(27-12-20)18-5-7-22(17(2)11-18)25(32)30-19-9-10-33-15-19/h5-8,11-12,16,19,21,24H,3-4,9-10,13-15H2,1-2H3,(H,30,32). The fraction of sp³-hybridized carbons (Fsp3) is 0.462. The number of ether oxygens (including phenoxy) is 2. The molecule has 0 radical (unpaired) electrons. The van der Waals surface area contributed by atoms with Crippen molar-refractivity contribution in [1.29, 1.82) is 0 Å². The highest BCUT2D eigenvalue weighted by molar-refractivity contribution is 5.96. The van der Waals surface area contributed by atoms with Gasteiger partial charge >= 0.3 is 0 Å². The number of aryl methyl sites for hydroxylation is 1. The molecule has 9 nitrogen and oxygen atoms in total. The van der Waals surface area contributed by atoms with Crippen molar-refractivity contribution < 1.29 is 18.8 Å². The number of hydrogen-bond acceptors (Lipinski definition) is 8. The minimum Gasteiger partial charge on any atom is -0.486 e. The molecule has 2 aliphatic rings. The van der Waals surface area contributed by atoms with Gasteiger partial charge in [0.2, 0.25) is 5.89 Å². The molecule has 184 valence electrons. The highest BCUT2D eigenvalue weighted by atomic mass is 16.5. The summed E-state index contributed by atoms with van der Waals surface area (Å²) in [6.45, 7) is 7.00. The van der Waals surface area contributed by atoms with Gasteiger partial charge in [-0.25, -0.2) is 0 Å². The number of nitrogens with zero attached hydrogens (tertiary/aromatic N) is 4. The number of benzene rings is 1. The zero-order valence-electron chi connectivity index (χ0n) is 20.1. The second-order valence-electron chi connectivity index (χ2n) is 9.22. The van der Waals surface area contributed by atoms with Gasteiger partial charge < -0.3 is 19.3 Å². The molecule has 1 amide bonds. The Balaban J connectivity index is 1.16. The fourth-order valence-corrected chi connectivity index (χ4v) is 4.67. The number of rotatable bonds is 9. The van der Waals surface area contributed by atoms with Crippen molar-refractivity contribution >= 4 is 5.91 Å². The Kier molecular flexibility index (Phi) is 7.06. The normalized spacial score (nSPS) is 19.3. The van der Waals surface area contributed by atoms with E-state index in [2.05, 4.69) is 32.3 Å². The lowest BCUT2D eigenvalue weighted by molar-refractivity contribution is -0.0211. The van der Waals surface area contributed by atoms with Crippen LogP contribution in [-0.4, -0.2) is 64.4 Å². The number of pyridine rings is 1. The van der Waals surface area contributed by atoms with Crippen LogP contribution in [0.5, 0.6) is 5.75 Å². The molecule has 0 bridgehead atoms. The van der Waals surface area contributed by atoms with Gasteiger partial charge in [0, 0.05) is 30.8 Å². The van der Waals surface area contributed by atoms with Gasteiger partial charge in [-0.3, -0.25) is 14.7 Å². The van der Waals surface area contributed by atoms with Crippen molar-refractivity contribution in [2.45, 2.75) is 51.3 Å². The van der Waals surface area contributed by atoms with E-state index in [-0.39, 0.29) is 24.1 Å². The van der Waals surface area contributed by atoms with Gasteiger partial charge in [-0.1, -0.05) is 24.6 Å². The maximum Gasteiger partial charge on any atom is 0.251 e. The summed E-state index contributed by atoms with van der Waals surface area (Å²) < 4.78 is 16.8. The molecular formula is C26H31N5O4. The van der Waals surface area contributed by atoms with Crippen molar-refractivity contribution in [3.05, 3.63) is 59.9 Å². The van der Waals surface area contributed by atoms with E-state index >= 15 is 0 Å². The smallest absolute Gasteiger partial charge is 0.251 e. The highest BCUT2D eigenvalue weighted by Gasteiger charge is 2.36. The SMILES string of the molecule is CCCC(c1ncno1)N1CC(Oc2ccc(-c3ccc(C(=O)NC4CCOC4)c(C)c3)nc2)C1. The van der Waals surface area contributed by atoms with E-state index in [4.69, 9.17) is 14.0 Å². The third-order valence-electron chi connectivity index (χ3n) is 6.61. The molecule has 0 saturated carbocycles. The van der Waals surface area contributed by atoms with E-state index in [0.29, 0.717) is 24.7 Å². The molecule has 2 saturated heterocycles. The summed E-state index contributed by atoms with van der Waals surface area (Å²) >= 11 is 0. The van der Waals surface area contributed by atoms with Crippen LogP contribution in [0.25, 0.3) is 11.3 Å². The van der Waals surface area contributed by atoms with Crippen LogP contribution in [0.4, 0.5) is 0 Å². The van der Waals surface area contributed by atoms with E-state index in [0.717, 1.165) is 54.9 Å². The average molecular weight is 478 g/mol. The lowest BCUT2D eigenvalue weighted by atomic mass is 10.0. The molecular weight excluding hydrogens is 446 g/mol. The van der Waals surface area contributed by atoms with Crippen LogP contribution in [0, 0.1) is 6.92 Å². The van der Waals surface area contributed by atoms with Gasteiger partial charge in [0.15, 0.2) is 6.33 Å². The molecule has 2 unspecified atom stereocenters. The topological polar surface area (TPSA) is 103 Å². The highest BCUT2D eigenvalue weighted by Crippen LogP contribution is 2.30. The Labute approximate surface area is 204 Å². The van der Waals surface area contributed by atoms with Crippen molar-refractivity contribution in [2.75, 3.05) is 26.3 Å². The van der Waals surface area contributed by atoms with Gasteiger partial charge in [0.25, 0.3) is 5.91 Å². The zero-order chi connectivity index (χ0) is 24.2. The van der Waals surface area contributed by atoms with E-state index in [1.54, 1.807) is 6.20 Å². The molecule has 1 N–H and O–H groups in total. The fourth-order valence-electron chi connectivity index (χ4n) is 4.67. The summed E-state index contributed by atoms with van der Waals surface area (Å²) in [5.41, 5.74) is 3.40. The van der Waals surface area contributed by atoms with Crippen LogP contribution < -0.4 is 10.1 Å². The summed E-state index contributed by atoms with van der Waals surface area (Å²) in [5, 5.41) is 6.79. The predicted molar refractivity (Wildman–Crippen MR) is 129 cm³/mol. The van der Waals surface area contributed by atoms with Crippen molar-refractivity contribution in [3.63, 3.8) is 0 Å². The molecule has 2 aliphatic heterocycles. The molecule has 1 aromatic carbocycles. The summed E-state index contributed by atoms with van der Waals surface area (Å²) in [5.74, 6) is 1.36. The minimum absolute atomic E-state index is 0.0592. The van der Waals surface area contributed by atoms with Crippen LogP contribution in [0.2, 0.25) is 0 Å². The predicted octanol–water partition coefficient (Wildman–Crippen LogP) is 3.56. The number of carbonyl (C=O) groups is 1. The van der Waals surface area contributed by atoms with E-state index in [1.807, 2.05) is 37.3 Å². The minimum atomic E-state index is -0.0592. The van der Waals surface area contributed by atoms with Crippen LogP contribution in [0.1, 0.15) is 54.0 Å². The van der Waals surface area contributed by atoms with E-state index in [1.165, 1.54) is 6.33 Å². The first-order chi connectivity index (χ1) is 17.1. The van der Waals surface area contributed by atoms with Gasteiger partial charge in [0.05, 0.1) is 30.6 Å². The lowest BCUT2D eigenvalue weighted by Gasteiger charge is -2.42. The second-order valence-corrected chi connectivity index (χ2v) is 9.22. The number of aromatic nitrogens is 3. The van der Waals surface area contributed by atoms with Gasteiger partial charge in [-0.2, -0.15) is 4.98 Å². The third-order valence-corrected chi connectivity index (χ3v) is 6.61. The molecule has 3 aromatic rings. The average Bonchev–Trinajstić information content (AvgIpc) is 3.55. The Hall–Kier alpha value is -3.30. The zero-order valence-corrected chi connectivity index (χ0v) is 20.1. The third kappa shape index (κ3) is 5.36. The summed E-state index contributed by atoms with van der Waals surface area (Å²) in [6, 6.07) is 9.93. The number of nitrogens with one attached hydrogen (secondary N) is 1. The van der Waals surface area contributed by atoms with Crippen LogP contribution in [0.3, 0.4) is 0 Å². The first kappa shape index (κ1) is 23.4. The van der Waals surface area contributed by atoms with E-state index < -0.39 is 0 Å². The van der Waals surface area contributed by atoms with Gasteiger partial charge in [-0.15, -0.1) is 0 Å². The summed E-state index contributed by atoms with van der Waals surface area (Å²) in [4.78, 5) is 23.7. The van der Waals surface area contributed by atoms with Gasteiger partial charge in [0.1, 0.15) is 11.9 Å². The first-order valence-corrected chi connectivity index (χ1v) is 12.2. The molecule has 2 aromatic heterocycles. The monoisotopic (exact) mass is 477 g/mol. The summed E-state index contributed by atoms with van der Waals surface area (Å²) in [7, 11) is 0. The van der Waals surface area contributed by atoms with E-state index in [9.17, 15) is 4.79 Å². The molecule has 0 aliphatic carbocycles. The Morgan fingerprint density at radius 2 is 2.14 bits per heavy atom.